The van der Waals surface area contributed by atoms with Crippen molar-refractivity contribution in [2.75, 3.05) is 33.0 Å². The fourth-order valence-electron chi connectivity index (χ4n) is 6.98. The molecular weight excluding hydrogens is 816 g/mol. The molecule has 0 bridgehead atoms. The summed E-state index contributed by atoms with van der Waals surface area (Å²) in [7, 11) is 0. The molecule has 0 aliphatic heterocycles. The van der Waals surface area contributed by atoms with Crippen LogP contribution in [0.1, 0.15) is 97.5 Å². The van der Waals surface area contributed by atoms with Gasteiger partial charge in [-0.25, -0.2) is 33.2 Å². The maximum atomic E-state index is 16.3. The molecule has 0 amide bonds. The number of unbranched alkanes of at least 4 members (excludes halogenated alkanes) is 2. The van der Waals surface area contributed by atoms with Crippen molar-refractivity contribution >= 4 is 35.8 Å². The van der Waals surface area contributed by atoms with Gasteiger partial charge < -0.3 is 33.2 Å². The molecule has 1 fully saturated rings. The van der Waals surface area contributed by atoms with Gasteiger partial charge in [-0.2, -0.15) is 0 Å². The summed E-state index contributed by atoms with van der Waals surface area (Å²) in [6.07, 6.45) is 9.08. The summed E-state index contributed by atoms with van der Waals surface area (Å²) in [5.41, 5.74) is 2.18. The highest BCUT2D eigenvalue weighted by molar-refractivity contribution is 6.30. The molecular formula is C49H57FO13. The molecule has 0 unspecified atom stereocenters. The third kappa shape index (κ3) is 14.6. The van der Waals surface area contributed by atoms with Crippen LogP contribution < -0.4 is 14.2 Å². The summed E-state index contributed by atoms with van der Waals surface area (Å²) in [4.78, 5) is 73.7. The van der Waals surface area contributed by atoms with E-state index in [1.807, 2.05) is 6.07 Å². The number of carbonyl (C=O) groups excluding carboxylic acids is 6. The van der Waals surface area contributed by atoms with Gasteiger partial charge in [-0.15, -0.1) is 0 Å². The molecule has 0 radical (unpaired) electrons. The number of esters is 6. The minimum absolute atomic E-state index is 0.00902. The molecule has 0 atom stereocenters. The first kappa shape index (κ1) is 49.3. The first-order valence-corrected chi connectivity index (χ1v) is 21.3. The molecule has 1 aliphatic carbocycles. The van der Waals surface area contributed by atoms with Crippen molar-refractivity contribution in [1.29, 1.82) is 0 Å². The Labute approximate surface area is 367 Å². The van der Waals surface area contributed by atoms with Crippen LogP contribution >= 0.6 is 0 Å². The lowest BCUT2D eigenvalue weighted by Gasteiger charge is -2.29. The van der Waals surface area contributed by atoms with Crippen molar-refractivity contribution < 1.29 is 66.3 Å². The van der Waals surface area contributed by atoms with E-state index in [1.165, 1.54) is 71.6 Å². The van der Waals surface area contributed by atoms with E-state index in [2.05, 4.69) is 29.6 Å². The molecule has 1 saturated carbocycles. The van der Waals surface area contributed by atoms with E-state index >= 15 is 4.39 Å². The highest BCUT2D eigenvalue weighted by Crippen LogP contribution is 2.44. The quantitative estimate of drug-likeness (QED) is 0.0264. The van der Waals surface area contributed by atoms with Crippen LogP contribution in [0.4, 0.5) is 4.39 Å². The van der Waals surface area contributed by atoms with E-state index in [0.717, 1.165) is 31.2 Å². The lowest BCUT2D eigenvalue weighted by atomic mass is 9.77. The van der Waals surface area contributed by atoms with E-state index < -0.39 is 60.8 Å². The molecule has 13 nitrogen and oxygen atoms in total. The fraction of sp³-hybridized carbons (Fsp3) is 0.429. The monoisotopic (exact) mass is 872 g/mol. The van der Waals surface area contributed by atoms with Gasteiger partial charge in [-0.3, -0.25) is 0 Å². The summed E-state index contributed by atoms with van der Waals surface area (Å²) >= 11 is 0. The first-order chi connectivity index (χ1) is 30.1. The van der Waals surface area contributed by atoms with E-state index in [0.29, 0.717) is 17.0 Å². The van der Waals surface area contributed by atoms with Crippen molar-refractivity contribution in [3.63, 3.8) is 0 Å². The molecule has 3 aromatic rings. The first-order valence-electron chi connectivity index (χ1n) is 21.3. The molecule has 0 aromatic heterocycles. The Morgan fingerprint density at radius 2 is 1.14 bits per heavy atom. The Kier molecular flexibility index (Phi) is 19.1. The van der Waals surface area contributed by atoms with Crippen molar-refractivity contribution in [3.05, 3.63) is 90.3 Å². The zero-order valence-electron chi connectivity index (χ0n) is 36.7. The standard InChI is InChI=1S/C49H57FO13/c1-8-11-12-13-32-14-16-34(17-15-32)36-20-23-38(41(50)24-36)40-26-42(62-44(51)30(4)5)39(25-43(40)63-45(52)31(6)7)35-18-21-37(22-19-35)59-27-33(28-60-48(55)46(53)57-9-2)29-61-49(56)47(54)58-10-3/h18-26,32-34H,4,6,8-17,27-29H2,1-3,5,7H3. The van der Waals surface area contributed by atoms with Gasteiger partial charge in [0.2, 0.25) is 0 Å². The number of carbonyl (C=O) groups is 6. The van der Waals surface area contributed by atoms with Gasteiger partial charge in [-0.05, 0) is 107 Å². The van der Waals surface area contributed by atoms with Crippen LogP contribution in [0.3, 0.4) is 0 Å². The Morgan fingerprint density at radius 3 is 1.65 bits per heavy atom. The van der Waals surface area contributed by atoms with Crippen LogP contribution in [-0.2, 0) is 47.7 Å². The highest BCUT2D eigenvalue weighted by atomic mass is 19.1. The Balaban J connectivity index is 1.64. The van der Waals surface area contributed by atoms with Gasteiger partial charge in [-0.1, -0.05) is 70.0 Å². The molecule has 1 aliphatic rings. The summed E-state index contributed by atoms with van der Waals surface area (Å²) in [6.45, 7) is 14.4. The third-order valence-corrected chi connectivity index (χ3v) is 10.4. The zero-order valence-corrected chi connectivity index (χ0v) is 36.7. The van der Waals surface area contributed by atoms with Crippen LogP contribution in [0, 0.1) is 17.7 Å². The van der Waals surface area contributed by atoms with E-state index in [9.17, 15) is 28.8 Å². The maximum Gasteiger partial charge on any atom is 0.417 e. The van der Waals surface area contributed by atoms with Gasteiger partial charge in [0.1, 0.15) is 36.3 Å². The molecule has 0 N–H and O–H groups in total. The second-order valence-electron chi connectivity index (χ2n) is 15.5. The molecule has 63 heavy (non-hydrogen) atoms. The molecule has 3 aromatic carbocycles. The normalized spacial score (nSPS) is 14.5. The van der Waals surface area contributed by atoms with Gasteiger partial charge in [0.05, 0.1) is 25.7 Å². The highest BCUT2D eigenvalue weighted by Gasteiger charge is 2.27. The maximum absolute atomic E-state index is 16.3. The predicted octanol–water partition coefficient (Wildman–Crippen LogP) is 9.18. The number of ether oxygens (including phenoxy) is 7. The van der Waals surface area contributed by atoms with Crippen molar-refractivity contribution in [1.82, 2.24) is 0 Å². The van der Waals surface area contributed by atoms with Gasteiger partial charge in [0.25, 0.3) is 0 Å². The molecule has 0 heterocycles. The number of halogens is 1. The fourth-order valence-corrected chi connectivity index (χ4v) is 6.98. The van der Waals surface area contributed by atoms with E-state index in [-0.39, 0.29) is 65.3 Å². The third-order valence-electron chi connectivity index (χ3n) is 10.4. The lowest BCUT2D eigenvalue weighted by Crippen LogP contribution is -2.30. The summed E-state index contributed by atoms with van der Waals surface area (Å²) < 4.78 is 53.1. The van der Waals surface area contributed by atoms with Crippen LogP contribution in [0.2, 0.25) is 0 Å². The Bertz CT molecular complexity index is 2100. The van der Waals surface area contributed by atoms with E-state index in [4.69, 9.17) is 23.7 Å². The number of hydrogen-bond donors (Lipinski definition) is 0. The van der Waals surface area contributed by atoms with E-state index in [1.54, 1.807) is 30.3 Å². The minimum atomic E-state index is -1.27. The van der Waals surface area contributed by atoms with Crippen LogP contribution in [0.25, 0.3) is 22.3 Å². The largest absolute Gasteiger partial charge is 0.493 e. The van der Waals surface area contributed by atoms with Crippen molar-refractivity contribution in [3.8, 4) is 39.5 Å². The van der Waals surface area contributed by atoms with Crippen LogP contribution in [-0.4, -0.2) is 68.9 Å². The average Bonchev–Trinajstić information content (AvgIpc) is 3.26. The molecule has 0 saturated heterocycles. The van der Waals surface area contributed by atoms with Crippen molar-refractivity contribution in [2.45, 2.75) is 91.9 Å². The molecule has 338 valence electrons. The van der Waals surface area contributed by atoms with Crippen LogP contribution in [0.15, 0.2) is 78.9 Å². The summed E-state index contributed by atoms with van der Waals surface area (Å²) in [5.74, 6) is -6.59. The summed E-state index contributed by atoms with van der Waals surface area (Å²) in [6, 6.07) is 14.4. The summed E-state index contributed by atoms with van der Waals surface area (Å²) in [5, 5.41) is 0. The average molecular weight is 873 g/mol. The number of benzene rings is 3. The predicted molar refractivity (Wildman–Crippen MR) is 231 cm³/mol. The van der Waals surface area contributed by atoms with Crippen LogP contribution in [0.5, 0.6) is 17.2 Å². The SMILES string of the molecule is C=C(C)C(=O)Oc1cc(-c2ccc(C3CCC(CCCCC)CC3)cc2F)c(OC(=O)C(=C)C)cc1-c1ccc(OCC(COC(=O)C(=O)OCC)COC(=O)C(=O)OCC)cc1. The topological polar surface area (TPSA) is 167 Å². The second kappa shape index (κ2) is 24.4. The smallest absolute Gasteiger partial charge is 0.417 e. The number of rotatable bonds is 20. The zero-order chi connectivity index (χ0) is 46.1. The molecule has 14 heteroatoms. The Hall–Kier alpha value is -6.31. The Morgan fingerprint density at radius 1 is 0.619 bits per heavy atom. The minimum Gasteiger partial charge on any atom is -0.493 e. The van der Waals surface area contributed by atoms with Gasteiger partial charge in [0, 0.05) is 27.8 Å². The lowest BCUT2D eigenvalue weighted by molar-refractivity contribution is -0.171. The molecule has 0 spiro atoms. The number of hydrogen-bond acceptors (Lipinski definition) is 13. The van der Waals surface area contributed by atoms with Gasteiger partial charge >= 0.3 is 35.8 Å². The van der Waals surface area contributed by atoms with Gasteiger partial charge in [0.15, 0.2) is 0 Å². The van der Waals surface area contributed by atoms with Crippen molar-refractivity contribution in [2.24, 2.45) is 11.8 Å². The molecule has 4 rings (SSSR count). The second-order valence-corrected chi connectivity index (χ2v) is 15.5.